The maximum atomic E-state index is 13.1. The number of nitrogens with zero attached hydrogens (tertiary/aromatic N) is 7. The van der Waals surface area contributed by atoms with E-state index in [9.17, 15) is 4.79 Å². The predicted octanol–water partition coefficient (Wildman–Crippen LogP) is 1.31. The second-order valence-corrected chi connectivity index (χ2v) is 7.47. The van der Waals surface area contributed by atoms with E-state index in [1.165, 1.54) is 0 Å². The number of aromatic nitrogens is 5. The maximum absolute atomic E-state index is 13.1. The van der Waals surface area contributed by atoms with Crippen LogP contribution in [0.1, 0.15) is 27.8 Å². The molecule has 10 heteroatoms. The maximum Gasteiger partial charge on any atom is 0.276 e. The minimum atomic E-state index is -0.141. The highest BCUT2D eigenvalue weighted by atomic mass is 16.5. The summed E-state index contributed by atoms with van der Waals surface area (Å²) >= 11 is 0. The normalized spacial score (nSPS) is 18.5. The second-order valence-electron chi connectivity index (χ2n) is 7.47. The Morgan fingerprint density at radius 3 is 2.55 bits per heavy atom. The molecule has 5 rings (SSSR count). The number of piperazine rings is 1. The fourth-order valence-corrected chi connectivity index (χ4v) is 3.91. The van der Waals surface area contributed by atoms with Crippen LogP contribution >= 0.6 is 0 Å². The molecule has 1 fully saturated rings. The first-order valence-corrected chi connectivity index (χ1v) is 10.2. The van der Waals surface area contributed by atoms with Crippen LogP contribution in [0.25, 0.3) is 0 Å². The molecule has 160 valence electrons. The minimum Gasteiger partial charge on any atom is -0.497 e. The van der Waals surface area contributed by atoms with Crippen LogP contribution in [0.15, 0.2) is 42.7 Å². The number of hydrogen-bond acceptors (Lipinski definition) is 8. The molecule has 10 nitrogen and oxygen atoms in total. The van der Waals surface area contributed by atoms with Gasteiger partial charge in [-0.3, -0.25) is 4.79 Å². The monoisotopic (exact) mass is 421 g/mol. The molecule has 3 aromatic rings. The first-order chi connectivity index (χ1) is 15.2. The summed E-state index contributed by atoms with van der Waals surface area (Å²) in [5, 5.41) is 8.42. The Morgan fingerprint density at radius 1 is 1.10 bits per heavy atom. The first kappa shape index (κ1) is 19.4. The zero-order valence-electron chi connectivity index (χ0n) is 17.2. The van der Waals surface area contributed by atoms with Crippen molar-refractivity contribution in [3.05, 3.63) is 59.7 Å². The highest BCUT2D eigenvalue weighted by molar-refractivity contribution is 5.93. The van der Waals surface area contributed by atoms with E-state index < -0.39 is 0 Å². The van der Waals surface area contributed by atoms with E-state index >= 15 is 0 Å². The molecule has 0 bridgehead atoms. The van der Waals surface area contributed by atoms with Gasteiger partial charge in [0.1, 0.15) is 11.9 Å². The Kier molecular flexibility index (Phi) is 5.21. The Morgan fingerprint density at radius 2 is 1.84 bits per heavy atom. The van der Waals surface area contributed by atoms with Gasteiger partial charge >= 0.3 is 0 Å². The molecule has 0 radical (unpaired) electrons. The van der Waals surface area contributed by atoms with E-state index in [-0.39, 0.29) is 12.0 Å². The number of anilines is 1. The zero-order chi connectivity index (χ0) is 21.2. The summed E-state index contributed by atoms with van der Waals surface area (Å²) in [4.78, 5) is 25.5. The molecule has 0 unspecified atom stereocenters. The van der Waals surface area contributed by atoms with Gasteiger partial charge in [0, 0.05) is 38.6 Å². The van der Waals surface area contributed by atoms with Crippen LogP contribution in [0, 0.1) is 0 Å². The van der Waals surface area contributed by atoms with Gasteiger partial charge in [0.15, 0.2) is 5.69 Å². The summed E-state index contributed by atoms with van der Waals surface area (Å²) in [7, 11) is 1.64. The van der Waals surface area contributed by atoms with Crippen LogP contribution in [-0.2, 0) is 17.9 Å². The molecule has 1 atom stereocenters. The fourth-order valence-electron chi connectivity index (χ4n) is 3.91. The van der Waals surface area contributed by atoms with Gasteiger partial charge in [-0.1, -0.05) is 17.3 Å². The van der Waals surface area contributed by atoms with Crippen molar-refractivity contribution < 1.29 is 14.3 Å². The van der Waals surface area contributed by atoms with Crippen LogP contribution in [0.4, 0.5) is 5.95 Å². The number of fused-ring (bicyclic) bond motifs is 1. The molecule has 0 N–H and O–H groups in total. The van der Waals surface area contributed by atoms with Gasteiger partial charge in [0.25, 0.3) is 5.91 Å². The summed E-state index contributed by atoms with van der Waals surface area (Å²) in [6, 6.07) is 9.57. The molecule has 2 aliphatic rings. The van der Waals surface area contributed by atoms with E-state index in [0.29, 0.717) is 51.0 Å². The van der Waals surface area contributed by atoms with Crippen molar-refractivity contribution in [1.82, 2.24) is 29.9 Å². The molecule has 0 saturated carbocycles. The van der Waals surface area contributed by atoms with Crippen LogP contribution in [0.5, 0.6) is 5.75 Å². The summed E-state index contributed by atoms with van der Waals surface area (Å²) in [5.41, 5.74) is 2.13. The van der Waals surface area contributed by atoms with Crippen LogP contribution < -0.4 is 9.64 Å². The van der Waals surface area contributed by atoms with Crippen molar-refractivity contribution in [2.24, 2.45) is 0 Å². The molecule has 0 spiro atoms. The van der Waals surface area contributed by atoms with E-state index in [1.807, 2.05) is 24.3 Å². The topological polar surface area (TPSA) is 98.5 Å². The van der Waals surface area contributed by atoms with E-state index in [1.54, 1.807) is 35.2 Å². The number of ether oxygens (including phenoxy) is 2. The summed E-state index contributed by atoms with van der Waals surface area (Å²) < 4.78 is 13.0. The SMILES string of the molecule is COc1ccc([C@@H]2Cn3nnc(C(=O)N4CCN(c5ncccn5)CC4)c3CO2)cc1. The lowest BCUT2D eigenvalue weighted by molar-refractivity contribution is -0.00198. The van der Waals surface area contributed by atoms with Crippen molar-refractivity contribution in [3.8, 4) is 5.75 Å². The van der Waals surface area contributed by atoms with Crippen molar-refractivity contribution in [1.29, 1.82) is 0 Å². The standard InChI is InChI=1S/C21H23N7O3/c1-30-16-5-3-15(4-6-16)18-13-28-17(14-31-18)19(24-25-28)20(29)26-9-11-27(12-10-26)21-22-7-2-8-23-21/h2-8,18H,9-14H2,1H3/t18-/m0/s1. The van der Waals surface area contributed by atoms with Crippen molar-refractivity contribution in [2.75, 3.05) is 38.2 Å². The van der Waals surface area contributed by atoms with E-state index in [0.717, 1.165) is 17.0 Å². The van der Waals surface area contributed by atoms with Crippen LogP contribution in [0.3, 0.4) is 0 Å². The zero-order valence-corrected chi connectivity index (χ0v) is 17.2. The van der Waals surface area contributed by atoms with E-state index in [2.05, 4.69) is 25.2 Å². The molecule has 2 aliphatic heterocycles. The van der Waals surface area contributed by atoms with Crippen molar-refractivity contribution in [2.45, 2.75) is 19.3 Å². The van der Waals surface area contributed by atoms with Gasteiger partial charge in [0.05, 0.1) is 26.0 Å². The molecule has 0 aliphatic carbocycles. The Bertz CT molecular complexity index is 1050. The average molecular weight is 421 g/mol. The lowest BCUT2D eigenvalue weighted by Gasteiger charge is -2.34. The number of carbonyl (C=O) groups is 1. The molecular formula is C21H23N7O3. The van der Waals surface area contributed by atoms with E-state index in [4.69, 9.17) is 9.47 Å². The van der Waals surface area contributed by atoms with Gasteiger partial charge in [-0.2, -0.15) is 0 Å². The lowest BCUT2D eigenvalue weighted by atomic mass is 10.1. The summed E-state index contributed by atoms with van der Waals surface area (Å²) in [5.74, 6) is 1.38. The molecule has 1 amide bonds. The molecule has 1 saturated heterocycles. The van der Waals surface area contributed by atoms with Crippen molar-refractivity contribution >= 4 is 11.9 Å². The Labute approximate surface area is 179 Å². The average Bonchev–Trinajstić information content (AvgIpc) is 3.27. The third kappa shape index (κ3) is 3.81. The van der Waals surface area contributed by atoms with Crippen LogP contribution in [0.2, 0.25) is 0 Å². The molecule has 2 aromatic heterocycles. The molecule has 4 heterocycles. The number of hydrogen-bond donors (Lipinski definition) is 0. The van der Waals surface area contributed by atoms with Gasteiger partial charge < -0.3 is 19.3 Å². The summed E-state index contributed by atoms with van der Waals surface area (Å²) in [6.45, 7) is 3.33. The third-order valence-corrected chi connectivity index (χ3v) is 5.69. The minimum absolute atomic E-state index is 0.110. The van der Waals surface area contributed by atoms with Crippen molar-refractivity contribution in [3.63, 3.8) is 0 Å². The number of methoxy groups -OCH3 is 1. The smallest absolute Gasteiger partial charge is 0.276 e. The lowest BCUT2D eigenvalue weighted by Crippen LogP contribution is -2.49. The van der Waals surface area contributed by atoms with Gasteiger partial charge in [-0.15, -0.1) is 5.10 Å². The first-order valence-electron chi connectivity index (χ1n) is 10.2. The largest absolute Gasteiger partial charge is 0.497 e. The summed E-state index contributed by atoms with van der Waals surface area (Å²) in [6.07, 6.45) is 3.31. The Hall–Kier alpha value is -3.53. The molecule has 1 aromatic carbocycles. The third-order valence-electron chi connectivity index (χ3n) is 5.69. The second kappa shape index (κ2) is 8.31. The fraction of sp³-hybridized carbons (Fsp3) is 0.381. The Balaban J connectivity index is 1.25. The molecular weight excluding hydrogens is 398 g/mol. The number of carbonyl (C=O) groups excluding carboxylic acids is 1. The highest BCUT2D eigenvalue weighted by Crippen LogP contribution is 2.28. The van der Waals surface area contributed by atoms with Gasteiger partial charge in [-0.25, -0.2) is 14.6 Å². The number of rotatable bonds is 4. The van der Waals surface area contributed by atoms with Gasteiger partial charge in [0.2, 0.25) is 5.95 Å². The number of benzene rings is 1. The van der Waals surface area contributed by atoms with Crippen LogP contribution in [-0.4, -0.2) is 69.1 Å². The number of amides is 1. The quantitative estimate of drug-likeness (QED) is 0.622. The predicted molar refractivity (Wildman–Crippen MR) is 111 cm³/mol. The highest BCUT2D eigenvalue weighted by Gasteiger charge is 2.31. The van der Waals surface area contributed by atoms with Gasteiger partial charge in [-0.05, 0) is 23.8 Å². The molecule has 31 heavy (non-hydrogen) atoms.